The molecule has 0 aliphatic carbocycles. The molecule has 6 nitrogen and oxygen atoms in total. The van der Waals surface area contributed by atoms with Gasteiger partial charge in [-0.3, -0.25) is 0 Å². The molecule has 0 bridgehead atoms. The maximum absolute atomic E-state index is 12.6. The molecule has 9 heteroatoms. The number of aryl methyl sites for hydroxylation is 2. The molecule has 0 atom stereocenters. The molecule has 138 valence electrons. The van der Waals surface area contributed by atoms with Crippen molar-refractivity contribution in [2.75, 3.05) is 32.7 Å². The van der Waals surface area contributed by atoms with Gasteiger partial charge >= 0.3 is 0 Å². The Labute approximate surface area is 161 Å². The molecule has 2 aromatic rings. The molecule has 0 unspecified atom stereocenters. The van der Waals surface area contributed by atoms with E-state index in [-0.39, 0.29) is 0 Å². The Hall–Kier alpha value is -0.740. The summed E-state index contributed by atoms with van der Waals surface area (Å²) in [5.41, 5.74) is 0.994. The summed E-state index contributed by atoms with van der Waals surface area (Å²) in [6.45, 7) is 5.62. The summed E-state index contributed by atoms with van der Waals surface area (Å²) in [6, 6.07) is 5.46. The Bertz CT molecular complexity index is 795. The van der Waals surface area contributed by atoms with Crippen LogP contribution in [0.4, 0.5) is 0 Å². The molecule has 0 spiro atoms. The summed E-state index contributed by atoms with van der Waals surface area (Å²) in [5.74, 6) is 0.932. The number of sulfonamides is 1. The molecule has 1 fully saturated rings. The number of halogens is 1. The minimum atomic E-state index is -3.36. The summed E-state index contributed by atoms with van der Waals surface area (Å²) in [6.07, 6.45) is 2.75. The summed E-state index contributed by atoms with van der Waals surface area (Å²) >= 11 is 4.59. The molecular formula is C16H22BrN3O3S2. The van der Waals surface area contributed by atoms with Gasteiger partial charge in [0.1, 0.15) is 9.97 Å². The maximum Gasteiger partial charge on any atom is 0.252 e. The van der Waals surface area contributed by atoms with Crippen LogP contribution in [-0.4, -0.2) is 55.5 Å². The number of thiophene rings is 1. The topological polar surface area (TPSA) is 66.7 Å². The first kappa shape index (κ1) is 19.0. The van der Waals surface area contributed by atoms with Crippen molar-refractivity contribution in [3.05, 3.63) is 33.4 Å². The van der Waals surface area contributed by atoms with E-state index in [0.717, 1.165) is 54.1 Å². The third kappa shape index (κ3) is 4.71. The number of nitrogens with zero attached hydrogens (tertiary/aromatic N) is 3. The van der Waals surface area contributed by atoms with E-state index in [0.29, 0.717) is 17.3 Å². The molecule has 0 N–H and O–H groups in total. The van der Waals surface area contributed by atoms with Crippen molar-refractivity contribution in [3.63, 3.8) is 0 Å². The lowest BCUT2D eigenvalue weighted by Gasteiger charge is -2.33. The average molecular weight is 448 g/mol. The molecule has 1 aliphatic heterocycles. The molecule has 1 aliphatic rings. The van der Waals surface area contributed by atoms with Gasteiger partial charge in [0.05, 0.1) is 9.48 Å². The van der Waals surface area contributed by atoms with Crippen LogP contribution in [0.3, 0.4) is 0 Å². The highest BCUT2D eigenvalue weighted by Crippen LogP contribution is 2.28. The third-order valence-corrected chi connectivity index (χ3v) is 8.33. The van der Waals surface area contributed by atoms with Gasteiger partial charge in [-0.15, -0.1) is 11.3 Å². The zero-order valence-electron chi connectivity index (χ0n) is 14.1. The minimum Gasteiger partial charge on any atom is -0.361 e. The second-order valence-electron chi connectivity index (χ2n) is 6.05. The van der Waals surface area contributed by atoms with Crippen LogP contribution in [0.25, 0.3) is 0 Å². The second-order valence-corrected chi connectivity index (χ2v) is 10.7. The van der Waals surface area contributed by atoms with Gasteiger partial charge in [-0.1, -0.05) is 12.1 Å². The van der Waals surface area contributed by atoms with Crippen molar-refractivity contribution < 1.29 is 12.9 Å². The summed E-state index contributed by atoms with van der Waals surface area (Å²) in [5, 5.41) is 4.00. The number of hydrogen-bond donors (Lipinski definition) is 0. The lowest BCUT2D eigenvalue weighted by atomic mass is 10.2. The molecule has 0 radical (unpaired) electrons. The van der Waals surface area contributed by atoms with E-state index in [1.165, 1.54) is 11.3 Å². The lowest BCUT2D eigenvalue weighted by Crippen LogP contribution is -2.48. The van der Waals surface area contributed by atoms with Crippen molar-refractivity contribution in [1.29, 1.82) is 0 Å². The molecule has 2 aromatic heterocycles. The van der Waals surface area contributed by atoms with E-state index in [9.17, 15) is 8.42 Å². The first-order chi connectivity index (χ1) is 12.0. The molecule has 1 saturated heterocycles. The Kier molecular flexibility index (Phi) is 6.32. The molecule has 0 amide bonds. The molecule has 0 saturated carbocycles. The van der Waals surface area contributed by atoms with Crippen LogP contribution in [0.2, 0.25) is 0 Å². The molecular weight excluding hydrogens is 426 g/mol. The van der Waals surface area contributed by atoms with Crippen molar-refractivity contribution in [2.24, 2.45) is 0 Å². The Morgan fingerprint density at radius 3 is 2.64 bits per heavy atom. The highest BCUT2D eigenvalue weighted by Gasteiger charge is 2.29. The van der Waals surface area contributed by atoms with Gasteiger partial charge in [0.25, 0.3) is 10.0 Å². The first-order valence-electron chi connectivity index (χ1n) is 8.41. The van der Waals surface area contributed by atoms with Gasteiger partial charge in [0.2, 0.25) is 0 Å². The number of aromatic nitrogens is 1. The van der Waals surface area contributed by atoms with Gasteiger partial charge in [-0.25, -0.2) is 8.42 Å². The predicted octanol–water partition coefficient (Wildman–Crippen LogP) is 3.00. The van der Waals surface area contributed by atoms with Crippen LogP contribution < -0.4 is 0 Å². The third-order valence-electron chi connectivity index (χ3n) is 4.34. The fourth-order valence-electron chi connectivity index (χ4n) is 2.87. The lowest BCUT2D eigenvalue weighted by molar-refractivity contribution is 0.185. The number of rotatable bonds is 7. The summed E-state index contributed by atoms with van der Waals surface area (Å²) < 4.78 is 33.4. The maximum atomic E-state index is 12.6. The van der Waals surface area contributed by atoms with E-state index >= 15 is 0 Å². The Morgan fingerprint density at radius 1 is 1.28 bits per heavy atom. The van der Waals surface area contributed by atoms with Gasteiger partial charge < -0.3 is 9.42 Å². The summed E-state index contributed by atoms with van der Waals surface area (Å²) in [4.78, 5) is 2.31. The number of piperazine rings is 1. The monoisotopic (exact) mass is 447 g/mol. The largest absolute Gasteiger partial charge is 0.361 e. The molecule has 0 aromatic carbocycles. The van der Waals surface area contributed by atoms with E-state index in [2.05, 4.69) is 32.9 Å². The summed E-state index contributed by atoms with van der Waals surface area (Å²) in [7, 11) is -3.36. The quantitative estimate of drug-likeness (QED) is 0.652. The first-order valence-corrected chi connectivity index (χ1v) is 11.5. The van der Waals surface area contributed by atoms with E-state index in [1.807, 2.05) is 6.07 Å². The van der Waals surface area contributed by atoms with Crippen LogP contribution in [-0.2, 0) is 22.9 Å². The van der Waals surface area contributed by atoms with Gasteiger partial charge in [-0.05, 0) is 47.4 Å². The normalized spacial score (nSPS) is 17.2. The SMILES string of the molecule is CCc1cc(CCCN2CCN(S(=O)(=O)c3ccc(Br)s3)CC2)on1. The Morgan fingerprint density at radius 2 is 2.04 bits per heavy atom. The van der Waals surface area contributed by atoms with E-state index in [4.69, 9.17) is 4.52 Å². The highest BCUT2D eigenvalue weighted by atomic mass is 79.9. The fraction of sp³-hybridized carbons (Fsp3) is 0.562. The minimum absolute atomic E-state index is 0.407. The van der Waals surface area contributed by atoms with Gasteiger partial charge in [0.15, 0.2) is 0 Å². The number of hydrogen-bond acceptors (Lipinski definition) is 6. The Balaban J connectivity index is 1.45. The molecule has 3 rings (SSSR count). The second kappa shape index (κ2) is 8.30. The van der Waals surface area contributed by atoms with Crippen molar-refractivity contribution in [1.82, 2.24) is 14.4 Å². The van der Waals surface area contributed by atoms with Crippen molar-refractivity contribution >= 4 is 37.3 Å². The highest BCUT2D eigenvalue weighted by molar-refractivity contribution is 9.11. The van der Waals surface area contributed by atoms with Crippen molar-refractivity contribution in [3.8, 4) is 0 Å². The predicted molar refractivity (Wildman–Crippen MR) is 101 cm³/mol. The zero-order valence-corrected chi connectivity index (χ0v) is 17.4. The van der Waals surface area contributed by atoms with Gasteiger partial charge in [-0.2, -0.15) is 4.31 Å². The zero-order chi connectivity index (χ0) is 17.9. The fourth-order valence-corrected chi connectivity index (χ4v) is 6.46. The van der Waals surface area contributed by atoms with Crippen LogP contribution in [0.1, 0.15) is 24.8 Å². The van der Waals surface area contributed by atoms with E-state index in [1.54, 1.807) is 16.4 Å². The van der Waals surface area contributed by atoms with Crippen LogP contribution in [0.15, 0.2) is 30.7 Å². The van der Waals surface area contributed by atoms with Gasteiger partial charge in [0, 0.05) is 38.7 Å². The van der Waals surface area contributed by atoms with E-state index < -0.39 is 10.0 Å². The average Bonchev–Trinajstić information content (AvgIpc) is 3.24. The smallest absolute Gasteiger partial charge is 0.252 e. The molecule has 25 heavy (non-hydrogen) atoms. The van der Waals surface area contributed by atoms with Crippen molar-refractivity contribution in [2.45, 2.75) is 30.4 Å². The van der Waals surface area contributed by atoms with Crippen LogP contribution in [0.5, 0.6) is 0 Å². The molecule has 3 heterocycles. The van der Waals surface area contributed by atoms with Crippen LogP contribution in [0, 0.1) is 0 Å². The van der Waals surface area contributed by atoms with Crippen LogP contribution >= 0.6 is 27.3 Å². The standard InChI is InChI=1S/C16H22BrN3O3S2/c1-2-13-12-14(23-18-13)4-3-7-19-8-10-20(11-9-19)25(21,22)16-6-5-15(17)24-16/h5-6,12H,2-4,7-11H2,1H3.